The minimum absolute atomic E-state index is 0.00181. The third-order valence-electron chi connectivity index (χ3n) is 3.12. The predicted molar refractivity (Wildman–Crippen MR) is 76.9 cm³/mol. The van der Waals surface area contributed by atoms with Gasteiger partial charge < -0.3 is 9.47 Å². The summed E-state index contributed by atoms with van der Waals surface area (Å²) in [6, 6.07) is 5.61. The van der Waals surface area contributed by atoms with E-state index < -0.39 is 0 Å². The van der Waals surface area contributed by atoms with Crippen LogP contribution in [0.1, 0.15) is 31.7 Å². The summed E-state index contributed by atoms with van der Waals surface area (Å²) in [5, 5.41) is 0. The highest BCUT2D eigenvalue weighted by molar-refractivity contribution is 5.87. The van der Waals surface area contributed by atoms with Crippen LogP contribution in [-0.2, 0) is 4.79 Å². The van der Waals surface area contributed by atoms with Crippen molar-refractivity contribution < 1.29 is 14.3 Å². The average molecular weight is 262 g/mol. The molecule has 3 nitrogen and oxygen atoms in total. The average Bonchev–Trinajstić information content (AvgIpc) is 2.43. The molecule has 1 atom stereocenters. The molecule has 0 aliphatic rings. The molecule has 1 unspecified atom stereocenters. The van der Waals surface area contributed by atoms with E-state index in [0.717, 1.165) is 5.56 Å². The molecule has 0 aliphatic heterocycles. The number of ether oxygens (including phenoxy) is 2. The second-order valence-electron chi connectivity index (χ2n) is 4.75. The van der Waals surface area contributed by atoms with E-state index in [0.29, 0.717) is 17.9 Å². The number of allylic oxidation sites excluding steroid dienone is 1. The Bertz CT molecular complexity index is 449. The summed E-state index contributed by atoms with van der Waals surface area (Å²) in [4.78, 5) is 12.3. The number of ketones is 1. The topological polar surface area (TPSA) is 35.5 Å². The van der Waals surface area contributed by atoms with Crippen molar-refractivity contribution in [2.75, 3.05) is 14.2 Å². The minimum atomic E-state index is -0.169. The number of rotatable bonds is 7. The van der Waals surface area contributed by atoms with Crippen LogP contribution in [0.5, 0.6) is 11.5 Å². The SMILES string of the molecule is C=CCC(C(=O)C(C)C)c1ccc(OC)c(OC)c1. The molecule has 104 valence electrons. The maximum Gasteiger partial charge on any atom is 0.161 e. The molecule has 1 aromatic carbocycles. The van der Waals surface area contributed by atoms with Crippen LogP contribution in [-0.4, -0.2) is 20.0 Å². The summed E-state index contributed by atoms with van der Waals surface area (Å²) < 4.78 is 10.5. The van der Waals surface area contributed by atoms with E-state index in [1.807, 2.05) is 32.0 Å². The number of Topliss-reactive ketones (excluding diaryl/α,β-unsaturated/α-hetero) is 1. The van der Waals surface area contributed by atoms with Gasteiger partial charge >= 0.3 is 0 Å². The van der Waals surface area contributed by atoms with Crippen molar-refractivity contribution in [3.63, 3.8) is 0 Å². The zero-order chi connectivity index (χ0) is 14.4. The van der Waals surface area contributed by atoms with E-state index >= 15 is 0 Å². The Morgan fingerprint density at radius 2 is 1.89 bits per heavy atom. The molecule has 3 heteroatoms. The van der Waals surface area contributed by atoms with Gasteiger partial charge in [0.25, 0.3) is 0 Å². The number of hydrogen-bond acceptors (Lipinski definition) is 3. The molecule has 19 heavy (non-hydrogen) atoms. The highest BCUT2D eigenvalue weighted by atomic mass is 16.5. The Hall–Kier alpha value is -1.77. The lowest BCUT2D eigenvalue weighted by Gasteiger charge is -2.18. The second-order valence-corrected chi connectivity index (χ2v) is 4.75. The van der Waals surface area contributed by atoms with Gasteiger partial charge in [0.2, 0.25) is 0 Å². The summed E-state index contributed by atoms with van der Waals surface area (Å²) in [5.41, 5.74) is 0.941. The zero-order valence-electron chi connectivity index (χ0n) is 12.1. The van der Waals surface area contributed by atoms with Crippen molar-refractivity contribution >= 4 is 5.78 Å². The Morgan fingerprint density at radius 1 is 1.26 bits per heavy atom. The van der Waals surface area contributed by atoms with Crippen molar-refractivity contribution in [2.24, 2.45) is 5.92 Å². The number of benzene rings is 1. The molecule has 1 aromatic rings. The van der Waals surface area contributed by atoms with Crippen LogP contribution >= 0.6 is 0 Å². The van der Waals surface area contributed by atoms with Crippen molar-refractivity contribution in [2.45, 2.75) is 26.2 Å². The lowest BCUT2D eigenvalue weighted by molar-refractivity contribution is -0.123. The first-order valence-electron chi connectivity index (χ1n) is 6.41. The van der Waals surface area contributed by atoms with Gasteiger partial charge in [-0.1, -0.05) is 26.0 Å². The molecule has 0 aromatic heterocycles. The smallest absolute Gasteiger partial charge is 0.161 e. The number of carbonyl (C=O) groups excluding carboxylic acids is 1. The number of hydrogen-bond donors (Lipinski definition) is 0. The van der Waals surface area contributed by atoms with E-state index in [4.69, 9.17) is 9.47 Å². The fourth-order valence-electron chi connectivity index (χ4n) is 2.06. The van der Waals surface area contributed by atoms with Crippen molar-refractivity contribution in [1.82, 2.24) is 0 Å². The van der Waals surface area contributed by atoms with Crippen LogP contribution < -0.4 is 9.47 Å². The van der Waals surface area contributed by atoms with Gasteiger partial charge in [-0.15, -0.1) is 6.58 Å². The highest BCUT2D eigenvalue weighted by Gasteiger charge is 2.23. The lowest BCUT2D eigenvalue weighted by Crippen LogP contribution is -2.17. The van der Waals surface area contributed by atoms with Gasteiger partial charge in [0.1, 0.15) is 5.78 Å². The van der Waals surface area contributed by atoms with Crippen LogP contribution in [0, 0.1) is 5.92 Å². The molecular weight excluding hydrogens is 240 g/mol. The molecule has 0 aliphatic carbocycles. The third kappa shape index (κ3) is 3.60. The van der Waals surface area contributed by atoms with Gasteiger partial charge in [0, 0.05) is 11.8 Å². The Kier molecular flexibility index (Phi) is 5.61. The molecule has 0 saturated carbocycles. The molecule has 0 saturated heterocycles. The maximum atomic E-state index is 12.3. The van der Waals surface area contributed by atoms with Gasteiger partial charge in [-0.05, 0) is 24.1 Å². The van der Waals surface area contributed by atoms with Crippen LogP contribution in [0.2, 0.25) is 0 Å². The second kappa shape index (κ2) is 6.98. The molecule has 0 bridgehead atoms. The number of methoxy groups -OCH3 is 2. The minimum Gasteiger partial charge on any atom is -0.493 e. The van der Waals surface area contributed by atoms with Crippen LogP contribution in [0.4, 0.5) is 0 Å². The quantitative estimate of drug-likeness (QED) is 0.704. The van der Waals surface area contributed by atoms with Crippen molar-refractivity contribution in [3.05, 3.63) is 36.4 Å². The fourth-order valence-corrected chi connectivity index (χ4v) is 2.06. The summed E-state index contributed by atoms with van der Waals surface area (Å²) in [6.45, 7) is 7.57. The third-order valence-corrected chi connectivity index (χ3v) is 3.12. The molecule has 0 fully saturated rings. The molecule has 0 amide bonds. The predicted octanol–water partition coefficient (Wildman–Crippen LogP) is 3.59. The molecular formula is C16H22O3. The molecule has 0 spiro atoms. The summed E-state index contributed by atoms with van der Waals surface area (Å²) in [5.74, 6) is 1.36. The summed E-state index contributed by atoms with van der Waals surface area (Å²) >= 11 is 0. The van der Waals surface area contributed by atoms with E-state index in [9.17, 15) is 4.79 Å². The standard InChI is InChI=1S/C16H22O3/c1-6-7-13(16(17)11(2)3)12-8-9-14(18-4)15(10-12)19-5/h6,8-11,13H,1,7H2,2-5H3. The van der Waals surface area contributed by atoms with Gasteiger partial charge in [-0.3, -0.25) is 4.79 Å². The van der Waals surface area contributed by atoms with Gasteiger partial charge in [-0.25, -0.2) is 0 Å². The molecule has 0 N–H and O–H groups in total. The van der Waals surface area contributed by atoms with Crippen LogP contribution in [0.25, 0.3) is 0 Å². The highest BCUT2D eigenvalue weighted by Crippen LogP contribution is 2.33. The van der Waals surface area contributed by atoms with E-state index in [1.165, 1.54) is 0 Å². The van der Waals surface area contributed by atoms with Crippen molar-refractivity contribution in [1.29, 1.82) is 0 Å². The van der Waals surface area contributed by atoms with E-state index in [2.05, 4.69) is 6.58 Å². The largest absolute Gasteiger partial charge is 0.493 e. The van der Waals surface area contributed by atoms with Crippen molar-refractivity contribution in [3.8, 4) is 11.5 Å². The molecule has 0 radical (unpaired) electrons. The normalized spacial score (nSPS) is 12.1. The van der Waals surface area contributed by atoms with E-state index in [1.54, 1.807) is 20.3 Å². The maximum absolute atomic E-state index is 12.3. The van der Waals surface area contributed by atoms with Gasteiger partial charge in [0.05, 0.1) is 14.2 Å². The van der Waals surface area contributed by atoms with Gasteiger partial charge in [0.15, 0.2) is 11.5 Å². The Balaban J connectivity index is 3.16. The van der Waals surface area contributed by atoms with Crippen LogP contribution in [0.3, 0.4) is 0 Å². The monoisotopic (exact) mass is 262 g/mol. The molecule has 1 rings (SSSR count). The Labute approximate surface area is 115 Å². The summed E-state index contributed by atoms with van der Waals surface area (Å²) in [6.07, 6.45) is 2.41. The zero-order valence-corrected chi connectivity index (χ0v) is 12.1. The molecule has 0 heterocycles. The van der Waals surface area contributed by atoms with Crippen LogP contribution in [0.15, 0.2) is 30.9 Å². The number of carbonyl (C=O) groups is 1. The van der Waals surface area contributed by atoms with Gasteiger partial charge in [-0.2, -0.15) is 0 Å². The fraction of sp³-hybridized carbons (Fsp3) is 0.438. The van der Waals surface area contributed by atoms with E-state index in [-0.39, 0.29) is 17.6 Å². The summed E-state index contributed by atoms with van der Waals surface area (Å²) in [7, 11) is 3.19. The lowest BCUT2D eigenvalue weighted by atomic mass is 9.86. The first-order chi connectivity index (χ1) is 9.04. The first-order valence-corrected chi connectivity index (χ1v) is 6.41. The Morgan fingerprint density at radius 3 is 2.37 bits per heavy atom. The first kappa shape index (κ1) is 15.3.